The standard InChI is InChI=1S/C11H20N2O2S/c1-8(2)10-7-16-11(13-10)12-5-9-6-14-3-4-15-9/h8-10H,3-7H2,1-2H3,(H,12,13)/t9?,10-/m1/s1. The first-order valence-corrected chi connectivity index (χ1v) is 6.87. The van der Waals surface area contributed by atoms with Crippen LogP contribution in [-0.4, -0.2) is 49.4 Å². The summed E-state index contributed by atoms with van der Waals surface area (Å²) < 4.78 is 10.9. The summed E-state index contributed by atoms with van der Waals surface area (Å²) in [5, 5.41) is 4.51. The Morgan fingerprint density at radius 3 is 3.00 bits per heavy atom. The van der Waals surface area contributed by atoms with Crippen LogP contribution in [0.15, 0.2) is 4.99 Å². The topological polar surface area (TPSA) is 42.9 Å². The van der Waals surface area contributed by atoms with Gasteiger partial charge >= 0.3 is 0 Å². The Hall–Kier alpha value is -0.260. The van der Waals surface area contributed by atoms with Crippen molar-refractivity contribution in [3.63, 3.8) is 0 Å². The third kappa shape index (κ3) is 3.37. The van der Waals surface area contributed by atoms with E-state index in [0.717, 1.165) is 17.5 Å². The quantitative estimate of drug-likeness (QED) is 0.808. The van der Waals surface area contributed by atoms with Crippen molar-refractivity contribution < 1.29 is 9.47 Å². The molecule has 0 radical (unpaired) electrons. The Labute approximate surface area is 101 Å². The van der Waals surface area contributed by atoms with Gasteiger partial charge in [0, 0.05) is 11.8 Å². The summed E-state index contributed by atoms with van der Waals surface area (Å²) in [7, 11) is 0. The zero-order valence-electron chi connectivity index (χ0n) is 9.94. The summed E-state index contributed by atoms with van der Waals surface area (Å²) >= 11 is 1.81. The minimum absolute atomic E-state index is 0.141. The third-order valence-corrected chi connectivity index (χ3v) is 3.88. The molecule has 4 nitrogen and oxygen atoms in total. The van der Waals surface area contributed by atoms with Crippen molar-refractivity contribution in [3.8, 4) is 0 Å². The molecular weight excluding hydrogens is 224 g/mol. The van der Waals surface area contributed by atoms with Gasteiger partial charge in [-0.1, -0.05) is 25.6 Å². The number of amidine groups is 1. The highest BCUT2D eigenvalue weighted by Gasteiger charge is 2.23. The minimum Gasteiger partial charge on any atom is -0.376 e. The fourth-order valence-corrected chi connectivity index (χ4v) is 2.89. The molecule has 2 aliphatic heterocycles. The van der Waals surface area contributed by atoms with E-state index in [1.165, 1.54) is 0 Å². The molecule has 0 spiro atoms. The van der Waals surface area contributed by atoms with Crippen LogP contribution in [0.25, 0.3) is 0 Å². The van der Waals surface area contributed by atoms with Gasteiger partial charge in [-0.3, -0.25) is 4.99 Å². The van der Waals surface area contributed by atoms with Gasteiger partial charge in [0.2, 0.25) is 0 Å². The fourth-order valence-electron chi connectivity index (χ4n) is 1.69. The second-order valence-electron chi connectivity index (χ2n) is 4.52. The van der Waals surface area contributed by atoms with Crippen LogP contribution in [-0.2, 0) is 9.47 Å². The monoisotopic (exact) mass is 244 g/mol. The predicted octanol–water partition coefficient (Wildman–Crippen LogP) is 1.12. The molecule has 92 valence electrons. The zero-order valence-corrected chi connectivity index (χ0v) is 10.8. The van der Waals surface area contributed by atoms with E-state index in [2.05, 4.69) is 24.2 Å². The Balaban J connectivity index is 1.75. The van der Waals surface area contributed by atoms with E-state index in [1.807, 2.05) is 11.8 Å². The van der Waals surface area contributed by atoms with Crippen LogP contribution in [0.2, 0.25) is 0 Å². The average molecular weight is 244 g/mol. The molecular formula is C11H20N2O2S. The van der Waals surface area contributed by atoms with Crippen LogP contribution in [0.5, 0.6) is 0 Å². The van der Waals surface area contributed by atoms with E-state index >= 15 is 0 Å². The van der Waals surface area contributed by atoms with Crippen molar-refractivity contribution in [2.75, 3.05) is 32.1 Å². The molecule has 2 saturated heterocycles. The predicted molar refractivity (Wildman–Crippen MR) is 67.1 cm³/mol. The highest BCUT2D eigenvalue weighted by atomic mass is 32.2. The number of nitrogens with one attached hydrogen (secondary N) is 1. The van der Waals surface area contributed by atoms with Crippen LogP contribution < -0.4 is 5.32 Å². The number of aliphatic imine (C=N–C) groups is 1. The molecule has 16 heavy (non-hydrogen) atoms. The third-order valence-electron chi connectivity index (χ3n) is 2.84. The lowest BCUT2D eigenvalue weighted by atomic mass is 10.1. The van der Waals surface area contributed by atoms with Crippen molar-refractivity contribution in [2.45, 2.75) is 26.0 Å². The Morgan fingerprint density at radius 2 is 2.38 bits per heavy atom. The molecule has 0 aromatic carbocycles. The number of hydrogen-bond donors (Lipinski definition) is 1. The van der Waals surface area contributed by atoms with Crippen molar-refractivity contribution in [1.82, 2.24) is 5.32 Å². The lowest BCUT2D eigenvalue weighted by Crippen LogP contribution is -2.33. The number of ether oxygens (including phenoxy) is 2. The van der Waals surface area contributed by atoms with Gasteiger partial charge in [-0.2, -0.15) is 0 Å². The van der Waals surface area contributed by atoms with E-state index in [0.29, 0.717) is 31.7 Å². The van der Waals surface area contributed by atoms with Crippen LogP contribution in [0.1, 0.15) is 13.8 Å². The van der Waals surface area contributed by atoms with Gasteiger partial charge in [0.05, 0.1) is 26.4 Å². The number of rotatable bonds is 3. The van der Waals surface area contributed by atoms with Gasteiger partial charge in [0.1, 0.15) is 6.10 Å². The Morgan fingerprint density at radius 1 is 1.50 bits per heavy atom. The summed E-state index contributed by atoms with van der Waals surface area (Å²) in [6.45, 7) is 7.27. The SMILES string of the molecule is CC(C)[C@H]1CSC(=NCC2COCCO2)N1. The molecule has 0 amide bonds. The maximum Gasteiger partial charge on any atom is 0.156 e. The second kappa shape index (κ2) is 5.89. The lowest BCUT2D eigenvalue weighted by Gasteiger charge is -2.21. The minimum atomic E-state index is 0.141. The summed E-state index contributed by atoms with van der Waals surface area (Å²) in [6.07, 6.45) is 0.141. The van der Waals surface area contributed by atoms with Gasteiger partial charge in [-0.15, -0.1) is 0 Å². The molecule has 0 aliphatic carbocycles. The van der Waals surface area contributed by atoms with Crippen molar-refractivity contribution >= 4 is 16.9 Å². The lowest BCUT2D eigenvalue weighted by molar-refractivity contribution is -0.0832. The summed E-state index contributed by atoms with van der Waals surface area (Å²) in [6, 6.07) is 0.562. The molecule has 2 atom stereocenters. The molecule has 2 heterocycles. The van der Waals surface area contributed by atoms with E-state index in [4.69, 9.17) is 9.47 Å². The number of thioether (sulfide) groups is 1. The number of hydrogen-bond acceptors (Lipinski definition) is 4. The van der Waals surface area contributed by atoms with Gasteiger partial charge in [-0.25, -0.2) is 0 Å². The molecule has 5 heteroatoms. The summed E-state index contributed by atoms with van der Waals surface area (Å²) in [4.78, 5) is 4.54. The molecule has 2 aliphatic rings. The van der Waals surface area contributed by atoms with Gasteiger partial charge in [-0.05, 0) is 5.92 Å². The highest BCUT2D eigenvalue weighted by Crippen LogP contribution is 2.19. The normalized spacial score (nSPS) is 33.3. The zero-order chi connectivity index (χ0) is 11.4. The Bertz CT molecular complexity index is 252. The molecule has 0 aromatic heterocycles. The first kappa shape index (κ1) is 12.2. The molecule has 0 bridgehead atoms. The van der Waals surface area contributed by atoms with Crippen LogP contribution in [0.3, 0.4) is 0 Å². The molecule has 1 N–H and O–H groups in total. The molecule has 0 aromatic rings. The number of nitrogens with zero attached hydrogens (tertiary/aromatic N) is 1. The summed E-state index contributed by atoms with van der Waals surface area (Å²) in [5.74, 6) is 1.79. The first-order chi connectivity index (χ1) is 7.75. The molecule has 1 unspecified atom stereocenters. The van der Waals surface area contributed by atoms with Crippen molar-refractivity contribution in [2.24, 2.45) is 10.9 Å². The maximum absolute atomic E-state index is 5.54. The smallest absolute Gasteiger partial charge is 0.156 e. The molecule has 2 fully saturated rings. The van der Waals surface area contributed by atoms with Gasteiger partial charge < -0.3 is 14.8 Å². The van der Waals surface area contributed by atoms with E-state index < -0.39 is 0 Å². The molecule has 2 rings (SSSR count). The van der Waals surface area contributed by atoms with Crippen LogP contribution in [0.4, 0.5) is 0 Å². The van der Waals surface area contributed by atoms with Gasteiger partial charge in [0.15, 0.2) is 5.17 Å². The van der Waals surface area contributed by atoms with Gasteiger partial charge in [0.25, 0.3) is 0 Å². The van der Waals surface area contributed by atoms with Crippen molar-refractivity contribution in [1.29, 1.82) is 0 Å². The maximum atomic E-state index is 5.54. The largest absolute Gasteiger partial charge is 0.376 e. The Kier molecular flexibility index (Phi) is 4.49. The van der Waals surface area contributed by atoms with Crippen LogP contribution in [0, 0.1) is 5.92 Å². The van der Waals surface area contributed by atoms with Crippen LogP contribution >= 0.6 is 11.8 Å². The molecule has 0 saturated carbocycles. The average Bonchev–Trinajstić information content (AvgIpc) is 2.76. The van der Waals surface area contributed by atoms with E-state index in [9.17, 15) is 0 Å². The van der Waals surface area contributed by atoms with E-state index in [-0.39, 0.29) is 6.10 Å². The second-order valence-corrected chi connectivity index (χ2v) is 5.53. The van der Waals surface area contributed by atoms with Crippen molar-refractivity contribution in [3.05, 3.63) is 0 Å². The van der Waals surface area contributed by atoms with E-state index in [1.54, 1.807) is 0 Å². The fraction of sp³-hybridized carbons (Fsp3) is 0.909. The summed E-state index contributed by atoms with van der Waals surface area (Å²) in [5.41, 5.74) is 0. The highest BCUT2D eigenvalue weighted by molar-refractivity contribution is 8.14. The first-order valence-electron chi connectivity index (χ1n) is 5.89.